The minimum absolute atomic E-state index is 0.372. The van der Waals surface area contributed by atoms with E-state index in [0.29, 0.717) is 10.7 Å². The Bertz CT molecular complexity index is 511. The van der Waals surface area contributed by atoms with Crippen molar-refractivity contribution < 1.29 is 0 Å². The average molecular weight is 233 g/mol. The third-order valence-corrected chi connectivity index (χ3v) is 2.80. The number of hydrogen-bond acceptors (Lipinski definition) is 2. The Labute approximate surface area is 100 Å². The fourth-order valence-electron chi connectivity index (χ4n) is 1.69. The van der Waals surface area contributed by atoms with Crippen molar-refractivity contribution in [3.05, 3.63) is 46.5 Å². The number of aromatic amines is 1. The van der Waals surface area contributed by atoms with Gasteiger partial charge in [-0.25, -0.2) is 0 Å². The van der Waals surface area contributed by atoms with Crippen molar-refractivity contribution in [1.82, 2.24) is 14.8 Å². The molecule has 0 aliphatic carbocycles. The zero-order valence-corrected chi connectivity index (χ0v) is 10.3. The van der Waals surface area contributed by atoms with E-state index in [4.69, 9.17) is 12.2 Å². The molecule has 16 heavy (non-hydrogen) atoms. The molecule has 0 saturated carbocycles. The fourth-order valence-corrected chi connectivity index (χ4v) is 1.89. The molecule has 0 radical (unpaired) electrons. The van der Waals surface area contributed by atoms with Gasteiger partial charge in [0.2, 0.25) is 0 Å². The Balaban J connectivity index is 2.34. The topological polar surface area (TPSA) is 33.6 Å². The Hall–Kier alpha value is -1.42. The molecule has 3 nitrogen and oxygen atoms in total. The Kier molecular flexibility index (Phi) is 3.19. The van der Waals surface area contributed by atoms with E-state index in [9.17, 15) is 0 Å². The molecule has 2 rings (SSSR count). The maximum absolute atomic E-state index is 5.24. The van der Waals surface area contributed by atoms with Crippen molar-refractivity contribution in [1.29, 1.82) is 0 Å². The molecule has 84 valence electrons. The molecule has 0 amide bonds. The second-order valence-electron chi connectivity index (χ2n) is 4.11. The molecule has 2 aromatic rings. The van der Waals surface area contributed by atoms with E-state index in [1.54, 1.807) is 0 Å². The summed E-state index contributed by atoms with van der Waals surface area (Å²) in [4.78, 5) is 0. The third-order valence-electron chi connectivity index (χ3n) is 2.49. The van der Waals surface area contributed by atoms with Gasteiger partial charge in [-0.15, -0.1) is 0 Å². The van der Waals surface area contributed by atoms with Crippen LogP contribution in [0, 0.1) is 4.77 Å². The Morgan fingerprint density at radius 3 is 2.62 bits per heavy atom. The zero-order valence-electron chi connectivity index (χ0n) is 9.47. The van der Waals surface area contributed by atoms with Crippen LogP contribution in [-0.4, -0.2) is 14.8 Å². The molecule has 0 bridgehead atoms. The van der Waals surface area contributed by atoms with E-state index in [1.165, 1.54) is 5.56 Å². The van der Waals surface area contributed by atoms with Crippen LogP contribution in [0.1, 0.15) is 31.2 Å². The highest BCUT2D eigenvalue weighted by atomic mass is 32.1. The lowest BCUT2D eigenvalue weighted by molar-refractivity contribution is 0.664. The number of H-pyrrole nitrogens is 1. The first-order valence-corrected chi connectivity index (χ1v) is 5.78. The lowest BCUT2D eigenvalue weighted by atomic mass is 10.2. The maximum Gasteiger partial charge on any atom is 0.195 e. The summed E-state index contributed by atoms with van der Waals surface area (Å²) in [6.07, 6.45) is 0. The van der Waals surface area contributed by atoms with Crippen LogP contribution in [0.3, 0.4) is 0 Å². The van der Waals surface area contributed by atoms with Crippen molar-refractivity contribution in [3.8, 4) is 0 Å². The molecule has 0 saturated heterocycles. The minimum Gasteiger partial charge on any atom is -0.299 e. The molecule has 0 aliphatic rings. The van der Waals surface area contributed by atoms with Gasteiger partial charge in [-0.3, -0.25) is 9.67 Å². The van der Waals surface area contributed by atoms with Gasteiger partial charge in [0.15, 0.2) is 4.77 Å². The molecule has 1 aromatic heterocycles. The number of rotatable bonds is 3. The summed E-state index contributed by atoms with van der Waals surface area (Å²) >= 11 is 5.24. The predicted octanol–water partition coefficient (Wildman–Crippen LogP) is 3.11. The number of aromatic nitrogens is 3. The number of nitrogens with one attached hydrogen (secondary N) is 1. The van der Waals surface area contributed by atoms with Crippen LogP contribution >= 0.6 is 12.2 Å². The van der Waals surface area contributed by atoms with Gasteiger partial charge in [0.05, 0.1) is 6.54 Å². The minimum atomic E-state index is 0.372. The van der Waals surface area contributed by atoms with Crippen molar-refractivity contribution >= 4 is 12.2 Å². The van der Waals surface area contributed by atoms with Crippen LogP contribution in [0.25, 0.3) is 0 Å². The summed E-state index contributed by atoms with van der Waals surface area (Å²) in [5, 5.41) is 7.11. The van der Waals surface area contributed by atoms with E-state index in [2.05, 4.69) is 40.7 Å². The highest BCUT2D eigenvalue weighted by Gasteiger charge is 2.09. The van der Waals surface area contributed by atoms with Gasteiger partial charge in [0.25, 0.3) is 0 Å². The first kappa shape index (κ1) is 11.1. The molecular weight excluding hydrogens is 218 g/mol. The zero-order chi connectivity index (χ0) is 11.5. The normalized spacial score (nSPS) is 10.9. The van der Waals surface area contributed by atoms with Gasteiger partial charge in [-0.2, -0.15) is 5.10 Å². The summed E-state index contributed by atoms with van der Waals surface area (Å²) < 4.78 is 2.74. The Morgan fingerprint density at radius 1 is 1.31 bits per heavy atom. The molecule has 0 aliphatic heterocycles. The van der Waals surface area contributed by atoms with Gasteiger partial charge >= 0.3 is 0 Å². The smallest absolute Gasteiger partial charge is 0.195 e. The molecule has 0 spiro atoms. The molecule has 1 aromatic carbocycles. The van der Waals surface area contributed by atoms with Gasteiger partial charge in [0.1, 0.15) is 5.82 Å². The van der Waals surface area contributed by atoms with Gasteiger partial charge in [0, 0.05) is 5.92 Å². The van der Waals surface area contributed by atoms with Gasteiger partial charge in [-0.05, 0) is 17.8 Å². The van der Waals surface area contributed by atoms with Gasteiger partial charge in [-0.1, -0.05) is 44.2 Å². The summed E-state index contributed by atoms with van der Waals surface area (Å²) in [5.74, 6) is 1.38. The molecule has 1 N–H and O–H groups in total. The van der Waals surface area contributed by atoms with E-state index in [-0.39, 0.29) is 0 Å². The summed E-state index contributed by atoms with van der Waals surface area (Å²) in [6, 6.07) is 10.3. The molecule has 0 unspecified atom stereocenters. The SMILES string of the molecule is CC(C)c1n[nH]c(=S)n1Cc1ccccc1. The predicted molar refractivity (Wildman–Crippen MR) is 67.0 cm³/mol. The second kappa shape index (κ2) is 4.61. The molecule has 1 heterocycles. The number of benzene rings is 1. The molecule has 0 atom stereocenters. The van der Waals surface area contributed by atoms with E-state index < -0.39 is 0 Å². The fraction of sp³-hybridized carbons (Fsp3) is 0.333. The number of nitrogens with zero attached hydrogens (tertiary/aromatic N) is 2. The standard InChI is InChI=1S/C12H15N3S/c1-9(2)11-13-14-12(16)15(11)8-10-6-4-3-5-7-10/h3-7,9H,8H2,1-2H3,(H,14,16). The van der Waals surface area contributed by atoms with Crippen molar-refractivity contribution in [2.45, 2.75) is 26.3 Å². The lowest BCUT2D eigenvalue weighted by Crippen LogP contribution is -2.06. The van der Waals surface area contributed by atoms with Crippen molar-refractivity contribution in [2.75, 3.05) is 0 Å². The summed E-state index contributed by atoms with van der Waals surface area (Å²) in [6.45, 7) is 5.02. The van der Waals surface area contributed by atoms with E-state index >= 15 is 0 Å². The first-order valence-electron chi connectivity index (χ1n) is 5.37. The summed E-state index contributed by atoms with van der Waals surface area (Å²) in [7, 11) is 0. The van der Waals surface area contributed by atoms with E-state index in [1.807, 2.05) is 18.2 Å². The number of hydrogen-bond donors (Lipinski definition) is 1. The van der Waals surface area contributed by atoms with Crippen LogP contribution in [0.2, 0.25) is 0 Å². The highest BCUT2D eigenvalue weighted by Crippen LogP contribution is 2.13. The maximum atomic E-state index is 5.24. The quantitative estimate of drug-likeness (QED) is 0.826. The second-order valence-corrected chi connectivity index (χ2v) is 4.50. The summed E-state index contributed by atoms with van der Waals surface area (Å²) in [5.41, 5.74) is 1.24. The molecular formula is C12H15N3S. The Morgan fingerprint density at radius 2 is 2.00 bits per heavy atom. The third kappa shape index (κ3) is 2.22. The lowest BCUT2D eigenvalue weighted by Gasteiger charge is -2.08. The molecule has 0 fully saturated rings. The van der Waals surface area contributed by atoms with Crippen LogP contribution in [-0.2, 0) is 6.54 Å². The van der Waals surface area contributed by atoms with Crippen LogP contribution < -0.4 is 0 Å². The van der Waals surface area contributed by atoms with E-state index in [0.717, 1.165) is 12.4 Å². The van der Waals surface area contributed by atoms with Crippen LogP contribution in [0.5, 0.6) is 0 Å². The average Bonchev–Trinajstić information content (AvgIpc) is 2.62. The largest absolute Gasteiger partial charge is 0.299 e. The highest BCUT2D eigenvalue weighted by molar-refractivity contribution is 7.71. The van der Waals surface area contributed by atoms with Crippen LogP contribution in [0.15, 0.2) is 30.3 Å². The van der Waals surface area contributed by atoms with Crippen molar-refractivity contribution in [2.24, 2.45) is 0 Å². The van der Waals surface area contributed by atoms with Crippen LogP contribution in [0.4, 0.5) is 0 Å². The first-order chi connectivity index (χ1) is 7.68. The molecule has 4 heteroatoms. The monoisotopic (exact) mass is 233 g/mol. The van der Waals surface area contributed by atoms with Gasteiger partial charge < -0.3 is 0 Å². The van der Waals surface area contributed by atoms with Crippen molar-refractivity contribution in [3.63, 3.8) is 0 Å².